The van der Waals surface area contributed by atoms with Crippen molar-refractivity contribution in [3.63, 3.8) is 0 Å². The maximum atomic E-state index is 12.9. The maximum absolute atomic E-state index is 12.9. The van der Waals surface area contributed by atoms with E-state index in [1.54, 1.807) is 6.07 Å². The number of nitro groups is 1. The molecule has 0 saturated carbocycles. The molecule has 0 saturated heterocycles. The molecule has 0 amide bonds. The van der Waals surface area contributed by atoms with Gasteiger partial charge in [0.1, 0.15) is 5.52 Å². The summed E-state index contributed by atoms with van der Waals surface area (Å²) in [6.07, 6.45) is 0. The van der Waals surface area contributed by atoms with Gasteiger partial charge in [0.25, 0.3) is 5.69 Å². The second-order valence-corrected chi connectivity index (χ2v) is 6.93. The van der Waals surface area contributed by atoms with Crippen molar-refractivity contribution in [2.75, 3.05) is 0 Å². The van der Waals surface area contributed by atoms with Gasteiger partial charge in [0.05, 0.1) is 10.8 Å². The Hall–Kier alpha value is -4.32. The van der Waals surface area contributed by atoms with Crippen molar-refractivity contribution in [3.8, 4) is 28.3 Å². The van der Waals surface area contributed by atoms with Gasteiger partial charge in [-0.05, 0) is 23.3 Å². The van der Waals surface area contributed by atoms with Crippen LogP contribution in [-0.4, -0.2) is 9.91 Å². The zero-order valence-corrected chi connectivity index (χ0v) is 15.7. The Bertz CT molecular complexity index is 1420. The maximum Gasteiger partial charge on any atom is 0.272 e. The first-order valence-corrected chi connectivity index (χ1v) is 9.38. The second-order valence-electron chi connectivity index (χ2n) is 6.93. The number of nitrogens with zero attached hydrogens (tertiary/aromatic N) is 3. The summed E-state index contributed by atoms with van der Waals surface area (Å²) in [4.78, 5) is 14.8. The summed E-state index contributed by atoms with van der Waals surface area (Å²) in [6.45, 7) is 0. The van der Waals surface area contributed by atoms with E-state index in [0.29, 0.717) is 11.0 Å². The molecular weight excluding hydrogens is 378 g/mol. The van der Waals surface area contributed by atoms with Crippen LogP contribution in [0.2, 0.25) is 0 Å². The predicted octanol–water partition coefficient (Wildman–Crippen LogP) is 4.29. The third-order valence-corrected chi connectivity index (χ3v) is 5.09. The smallest absolute Gasteiger partial charge is 0.272 e. The SMILES string of the molecule is O=[N+]([O-])c1ccc2c(c1)nc([O-])c1cc(-c3ccccc3)cc(-c3ccccc3)[n+]12. The lowest BCUT2D eigenvalue weighted by Gasteiger charge is -2.12. The monoisotopic (exact) mass is 393 g/mol. The van der Waals surface area contributed by atoms with Crippen molar-refractivity contribution in [3.05, 3.63) is 101 Å². The molecule has 0 bridgehead atoms. The highest BCUT2D eigenvalue weighted by molar-refractivity contribution is 5.81. The van der Waals surface area contributed by atoms with Crippen LogP contribution >= 0.6 is 0 Å². The molecule has 5 aromatic rings. The van der Waals surface area contributed by atoms with Gasteiger partial charge in [0, 0.05) is 35.9 Å². The number of non-ortho nitro benzene ring substituents is 1. The van der Waals surface area contributed by atoms with E-state index in [1.165, 1.54) is 12.1 Å². The minimum Gasteiger partial charge on any atom is -0.854 e. The van der Waals surface area contributed by atoms with Gasteiger partial charge < -0.3 is 5.11 Å². The molecule has 0 spiro atoms. The first-order chi connectivity index (χ1) is 14.6. The molecule has 0 unspecified atom stereocenters. The number of aromatic nitrogens is 2. The molecule has 0 aliphatic carbocycles. The van der Waals surface area contributed by atoms with Gasteiger partial charge in [-0.3, -0.25) is 15.1 Å². The largest absolute Gasteiger partial charge is 0.854 e. The van der Waals surface area contributed by atoms with Crippen LogP contribution < -0.4 is 9.51 Å². The summed E-state index contributed by atoms with van der Waals surface area (Å²) in [5, 5.41) is 24.1. The summed E-state index contributed by atoms with van der Waals surface area (Å²) >= 11 is 0. The molecule has 30 heavy (non-hydrogen) atoms. The van der Waals surface area contributed by atoms with Crippen molar-refractivity contribution in [2.24, 2.45) is 0 Å². The molecule has 3 aromatic carbocycles. The molecule has 0 radical (unpaired) electrons. The highest BCUT2D eigenvalue weighted by Crippen LogP contribution is 2.29. The number of hydrogen-bond acceptors (Lipinski definition) is 4. The van der Waals surface area contributed by atoms with E-state index in [9.17, 15) is 15.2 Å². The van der Waals surface area contributed by atoms with Gasteiger partial charge in [0.2, 0.25) is 16.7 Å². The average molecular weight is 393 g/mol. The molecule has 2 heterocycles. The lowest BCUT2D eigenvalue weighted by Crippen LogP contribution is -2.28. The minimum absolute atomic E-state index is 0.100. The fourth-order valence-corrected chi connectivity index (χ4v) is 3.70. The Morgan fingerprint density at radius 3 is 2.07 bits per heavy atom. The van der Waals surface area contributed by atoms with Gasteiger partial charge in [-0.25, -0.2) is 0 Å². The van der Waals surface area contributed by atoms with Gasteiger partial charge in [-0.15, -0.1) is 0 Å². The van der Waals surface area contributed by atoms with Crippen LogP contribution in [0, 0.1) is 10.1 Å². The molecule has 2 aromatic heterocycles. The van der Waals surface area contributed by atoms with Crippen LogP contribution in [0.3, 0.4) is 0 Å². The number of hydrogen-bond donors (Lipinski definition) is 0. The lowest BCUT2D eigenvalue weighted by atomic mass is 10.0. The highest BCUT2D eigenvalue weighted by atomic mass is 16.6. The summed E-state index contributed by atoms with van der Waals surface area (Å²) in [6, 6.07) is 27.8. The van der Waals surface area contributed by atoms with Crippen LogP contribution in [0.5, 0.6) is 5.88 Å². The summed E-state index contributed by atoms with van der Waals surface area (Å²) < 4.78 is 1.83. The van der Waals surface area contributed by atoms with E-state index in [-0.39, 0.29) is 11.2 Å². The van der Waals surface area contributed by atoms with Crippen LogP contribution in [0.4, 0.5) is 5.69 Å². The minimum atomic E-state index is -0.489. The highest BCUT2D eigenvalue weighted by Gasteiger charge is 2.22. The van der Waals surface area contributed by atoms with Crippen LogP contribution in [0.1, 0.15) is 0 Å². The standard InChI is InChI=1S/C24H15N3O3/c28-24-23-14-18(16-7-3-1-4-8-16)13-22(17-9-5-2-6-10-17)26(23)21-12-11-19(27(29)30)15-20(21)25-24/h1-15H. The normalized spacial score (nSPS) is 11.1. The Balaban J connectivity index is 1.92. The quantitative estimate of drug-likeness (QED) is 0.198. The molecule has 0 aliphatic heterocycles. The van der Waals surface area contributed by atoms with E-state index < -0.39 is 10.8 Å². The number of rotatable bonds is 3. The van der Waals surface area contributed by atoms with Gasteiger partial charge in [-0.2, -0.15) is 4.40 Å². The predicted molar refractivity (Wildman–Crippen MR) is 112 cm³/mol. The number of benzene rings is 3. The Kier molecular flexibility index (Phi) is 4.10. The Morgan fingerprint density at radius 2 is 1.40 bits per heavy atom. The van der Waals surface area contributed by atoms with Crippen molar-refractivity contribution in [1.82, 2.24) is 4.98 Å². The van der Waals surface area contributed by atoms with Crippen LogP contribution in [-0.2, 0) is 0 Å². The van der Waals surface area contributed by atoms with Gasteiger partial charge >= 0.3 is 0 Å². The van der Waals surface area contributed by atoms with Crippen molar-refractivity contribution < 1.29 is 14.4 Å². The molecule has 0 N–H and O–H groups in total. The van der Waals surface area contributed by atoms with Crippen molar-refractivity contribution in [2.45, 2.75) is 0 Å². The Labute approximate surface area is 171 Å². The van der Waals surface area contributed by atoms with E-state index in [4.69, 9.17) is 0 Å². The second kappa shape index (κ2) is 6.93. The third kappa shape index (κ3) is 2.91. The average Bonchev–Trinajstić information content (AvgIpc) is 2.79. The lowest BCUT2D eigenvalue weighted by molar-refractivity contribution is -0.474. The molecule has 0 fully saturated rings. The molecule has 144 valence electrons. The van der Waals surface area contributed by atoms with Crippen molar-refractivity contribution >= 4 is 22.2 Å². The van der Waals surface area contributed by atoms with E-state index in [2.05, 4.69) is 4.98 Å². The van der Waals surface area contributed by atoms with Crippen molar-refractivity contribution in [1.29, 1.82) is 0 Å². The fraction of sp³-hybridized carbons (Fsp3) is 0. The van der Waals surface area contributed by atoms with E-state index >= 15 is 0 Å². The topological polar surface area (TPSA) is 83.2 Å². The number of fused-ring (bicyclic) bond motifs is 3. The summed E-state index contributed by atoms with van der Waals surface area (Å²) in [7, 11) is 0. The molecule has 0 atom stereocenters. The fourth-order valence-electron chi connectivity index (χ4n) is 3.70. The first-order valence-electron chi connectivity index (χ1n) is 9.38. The molecule has 6 heteroatoms. The molecule has 5 rings (SSSR count). The molecule has 6 nitrogen and oxygen atoms in total. The van der Waals surface area contributed by atoms with Gasteiger partial charge in [0.15, 0.2) is 0 Å². The van der Waals surface area contributed by atoms with E-state index in [0.717, 1.165) is 22.4 Å². The Morgan fingerprint density at radius 1 is 0.733 bits per heavy atom. The zero-order chi connectivity index (χ0) is 20.7. The number of pyridine rings is 1. The third-order valence-electron chi connectivity index (χ3n) is 5.09. The van der Waals surface area contributed by atoms with Gasteiger partial charge in [-0.1, -0.05) is 48.5 Å². The molecular formula is C24H15N3O3. The first kappa shape index (κ1) is 17.8. The van der Waals surface area contributed by atoms with Crippen LogP contribution in [0.25, 0.3) is 38.9 Å². The van der Waals surface area contributed by atoms with Crippen LogP contribution in [0.15, 0.2) is 91.0 Å². The molecule has 0 aliphatic rings. The zero-order valence-electron chi connectivity index (χ0n) is 15.7. The number of nitro benzene ring substituents is 1. The summed E-state index contributed by atoms with van der Waals surface area (Å²) in [5.41, 5.74) is 4.86. The summed E-state index contributed by atoms with van der Waals surface area (Å²) in [5.74, 6) is -0.432. The van der Waals surface area contributed by atoms with E-state index in [1.807, 2.05) is 77.2 Å².